The van der Waals surface area contributed by atoms with E-state index >= 15 is 0 Å². The highest BCUT2D eigenvalue weighted by atomic mass is 35.5. The molecule has 0 saturated heterocycles. The first-order valence-corrected chi connectivity index (χ1v) is 5.71. The highest BCUT2D eigenvalue weighted by Gasteiger charge is 2.19. The van der Waals surface area contributed by atoms with Crippen molar-refractivity contribution < 1.29 is 23.1 Å². The van der Waals surface area contributed by atoms with Crippen LogP contribution in [0.25, 0.3) is 0 Å². The number of carbonyl (C=O) groups excluding carboxylic acids is 1. The molecule has 0 unspecified atom stereocenters. The predicted octanol–water partition coefficient (Wildman–Crippen LogP) is 3.72. The average molecular weight is 302 g/mol. The number of nitrogens with one attached hydrogen (secondary N) is 1. The Kier molecular flexibility index (Phi) is 3.85. The third kappa shape index (κ3) is 2.70. The summed E-state index contributed by atoms with van der Waals surface area (Å²) in [4.78, 5) is 11.8. The Balaban J connectivity index is 2.38. The summed E-state index contributed by atoms with van der Waals surface area (Å²) in [6.45, 7) is 0. The van der Waals surface area contributed by atoms with Gasteiger partial charge in [0.25, 0.3) is 5.91 Å². The molecule has 1 amide bonds. The zero-order chi connectivity index (χ0) is 14.9. The first kappa shape index (κ1) is 14.2. The van der Waals surface area contributed by atoms with Crippen LogP contribution in [0.2, 0.25) is 5.02 Å². The van der Waals surface area contributed by atoms with Gasteiger partial charge in [0, 0.05) is 6.07 Å². The molecular weight excluding hydrogens is 295 g/mol. The molecule has 104 valence electrons. The topological polar surface area (TPSA) is 49.3 Å². The Morgan fingerprint density at radius 1 is 1.15 bits per heavy atom. The Morgan fingerprint density at radius 3 is 2.45 bits per heavy atom. The number of halogens is 4. The molecule has 0 aliphatic carbocycles. The molecule has 2 N–H and O–H groups in total. The molecule has 0 aliphatic rings. The smallest absolute Gasteiger partial charge is 0.262 e. The molecule has 0 radical (unpaired) electrons. The minimum atomic E-state index is -1.11. The maximum atomic E-state index is 13.5. The van der Waals surface area contributed by atoms with Crippen molar-refractivity contribution in [3.05, 3.63) is 58.4 Å². The number of anilines is 1. The monoisotopic (exact) mass is 301 g/mol. The lowest BCUT2D eigenvalue weighted by Crippen LogP contribution is -2.15. The van der Waals surface area contributed by atoms with E-state index in [1.165, 1.54) is 6.07 Å². The molecule has 0 aromatic heterocycles. The maximum absolute atomic E-state index is 13.5. The first-order valence-electron chi connectivity index (χ1n) is 5.33. The SMILES string of the molecule is O=C(Nc1c(F)cc(F)cc1Cl)c1c(O)cccc1F. The molecule has 0 atom stereocenters. The van der Waals surface area contributed by atoms with Crippen molar-refractivity contribution in [2.45, 2.75) is 0 Å². The van der Waals surface area contributed by atoms with Gasteiger partial charge >= 0.3 is 0 Å². The standard InChI is InChI=1S/C13H7ClF3NO2/c14-7-4-6(15)5-9(17)12(7)18-13(20)11-8(16)2-1-3-10(11)19/h1-5,19H,(H,18,20). The van der Waals surface area contributed by atoms with Gasteiger partial charge in [-0.2, -0.15) is 0 Å². The van der Waals surface area contributed by atoms with Crippen LogP contribution in [0.4, 0.5) is 18.9 Å². The second-order valence-electron chi connectivity index (χ2n) is 3.83. The lowest BCUT2D eigenvalue weighted by molar-refractivity contribution is 0.102. The van der Waals surface area contributed by atoms with Gasteiger partial charge in [-0.05, 0) is 18.2 Å². The Bertz CT molecular complexity index is 648. The van der Waals surface area contributed by atoms with E-state index in [0.29, 0.717) is 6.07 Å². The molecule has 2 rings (SSSR count). The molecule has 7 heteroatoms. The third-order valence-electron chi connectivity index (χ3n) is 2.46. The van der Waals surface area contributed by atoms with E-state index in [2.05, 4.69) is 0 Å². The summed E-state index contributed by atoms with van der Waals surface area (Å²) in [5, 5.41) is 11.0. The zero-order valence-corrected chi connectivity index (χ0v) is 10.5. The number of carbonyl (C=O) groups is 1. The van der Waals surface area contributed by atoms with E-state index < -0.39 is 40.4 Å². The number of aromatic hydroxyl groups is 1. The summed E-state index contributed by atoms with van der Waals surface area (Å²) in [6, 6.07) is 4.56. The fourth-order valence-corrected chi connectivity index (χ4v) is 1.82. The molecule has 3 nitrogen and oxygen atoms in total. The summed E-state index contributed by atoms with van der Waals surface area (Å²) in [7, 11) is 0. The van der Waals surface area contributed by atoms with Gasteiger partial charge in [0.05, 0.1) is 10.7 Å². The van der Waals surface area contributed by atoms with Crippen molar-refractivity contribution in [2.75, 3.05) is 5.32 Å². The summed E-state index contributed by atoms with van der Waals surface area (Å²) in [5.41, 5.74) is -1.16. The summed E-state index contributed by atoms with van der Waals surface area (Å²) in [5.74, 6) is -4.73. The van der Waals surface area contributed by atoms with Crippen molar-refractivity contribution >= 4 is 23.2 Å². The van der Waals surface area contributed by atoms with E-state index in [-0.39, 0.29) is 5.02 Å². The van der Waals surface area contributed by atoms with Crippen molar-refractivity contribution in [1.29, 1.82) is 0 Å². The summed E-state index contributed by atoms with van der Waals surface area (Å²) in [6.07, 6.45) is 0. The molecule has 0 spiro atoms. The fourth-order valence-electron chi connectivity index (χ4n) is 1.58. The summed E-state index contributed by atoms with van der Waals surface area (Å²) >= 11 is 5.59. The van der Waals surface area contributed by atoms with Crippen LogP contribution in [0.1, 0.15) is 10.4 Å². The quantitative estimate of drug-likeness (QED) is 0.888. The molecule has 2 aromatic rings. The lowest BCUT2D eigenvalue weighted by atomic mass is 10.1. The zero-order valence-electron chi connectivity index (χ0n) is 9.75. The van der Waals surface area contributed by atoms with E-state index in [1.54, 1.807) is 0 Å². The maximum Gasteiger partial charge on any atom is 0.262 e. The normalized spacial score (nSPS) is 10.4. The van der Waals surface area contributed by atoms with Crippen molar-refractivity contribution in [2.24, 2.45) is 0 Å². The van der Waals surface area contributed by atoms with Gasteiger partial charge < -0.3 is 10.4 Å². The first-order chi connectivity index (χ1) is 9.40. The van der Waals surface area contributed by atoms with E-state index in [0.717, 1.165) is 18.2 Å². The Labute approximate surface area is 116 Å². The Hall–Kier alpha value is -2.21. The molecule has 0 heterocycles. The van der Waals surface area contributed by atoms with Crippen LogP contribution in [-0.4, -0.2) is 11.0 Å². The molecule has 0 aliphatic heterocycles. The van der Waals surface area contributed by atoms with Crippen LogP contribution in [0, 0.1) is 17.5 Å². The van der Waals surface area contributed by atoms with E-state index in [1.807, 2.05) is 5.32 Å². The number of benzene rings is 2. The number of hydrogen-bond donors (Lipinski definition) is 2. The van der Waals surface area contributed by atoms with Gasteiger partial charge in [0.2, 0.25) is 0 Å². The molecule has 0 saturated carbocycles. The molecule has 20 heavy (non-hydrogen) atoms. The van der Waals surface area contributed by atoms with Crippen LogP contribution >= 0.6 is 11.6 Å². The Morgan fingerprint density at radius 2 is 1.85 bits per heavy atom. The number of phenolic OH excluding ortho intramolecular Hbond substituents is 1. The lowest BCUT2D eigenvalue weighted by Gasteiger charge is -2.10. The second-order valence-corrected chi connectivity index (χ2v) is 4.24. The highest BCUT2D eigenvalue weighted by Crippen LogP contribution is 2.28. The van der Waals surface area contributed by atoms with Crippen LogP contribution in [0.5, 0.6) is 5.75 Å². The van der Waals surface area contributed by atoms with Gasteiger partial charge in [-0.3, -0.25) is 4.79 Å². The number of amides is 1. The molecule has 2 aromatic carbocycles. The summed E-state index contributed by atoms with van der Waals surface area (Å²) < 4.78 is 39.8. The van der Waals surface area contributed by atoms with Crippen molar-refractivity contribution in [1.82, 2.24) is 0 Å². The van der Waals surface area contributed by atoms with Gasteiger partial charge in [-0.15, -0.1) is 0 Å². The van der Waals surface area contributed by atoms with Gasteiger partial charge in [0.1, 0.15) is 22.9 Å². The predicted molar refractivity (Wildman–Crippen MR) is 67.4 cm³/mol. The van der Waals surface area contributed by atoms with Crippen LogP contribution < -0.4 is 5.32 Å². The number of phenols is 1. The van der Waals surface area contributed by atoms with Crippen molar-refractivity contribution in [3.63, 3.8) is 0 Å². The number of rotatable bonds is 2. The number of hydrogen-bond acceptors (Lipinski definition) is 2. The molecule has 0 fully saturated rings. The second kappa shape index (κ2) is 5.42. The third-order valence-corrected chi connectivity index (χ3v) is 2.76. The van der Waals surface area contributed by atoms with Crippen LogP contribution in [-0.2, 0) is 0 Å². The molecule has 0 bridgehead atoms. The van der Waals surface area contributed by atoms with E-state index in [4.69, 9.17) is 11.6 Å². The van der Waals surface area contributed by atoms with Gasteiger partial charge in [-0.1, -0.05) is 17.7 Å². The fraction of sp³-hybridized carbons (Fsp3) is 0. The van der Waals surface area contributed by atoms with Crippen LogP contribution in [0.3, 0.4) is 0 Å². The van der Waals surface area contributed by atoms with Gasteiger partial charge in [0.15, 0.2) is 5.82 Å². The highest BCUT2D eigenvalue weighted by molar-refractivity contribution is 6.34. The largest absolute Gasteiger partial charge is 0.507 e. The van der Waals surface area contributed by atoms with Crippen LogP contribution in [0.15, 0.2) is 30.3 Å². The van der Waals surface area contributed by atoms with Crippen molar-refractivity contribution in [3.8, 4) is 5.75 Å². The van der Waals surface area contributed by atoms with E-state index in [9.17, 15) is 23.1 Å². The van der Waals surface area contributed by atoms with Gasteiger partial charge in [-0.25, -0.2) is 13.2 Å². The minimum absolute atomic E-state index is 0.383. The molecular formula is C13H7ClF3NO2. The minimum Gasteiger partial charge on any atom is -0.507 e. The average Bonchev–Trinajstić information content (AvgIpc) is 2.33.